The zero-order valence-corrected chi connectivity index (χ0v) is 17.3. The summed E-state index contributed by atoms with van der Waals surface area (Å²) in [7, 11) is 0. The summed E-state index contributed by atoms with van der Waals surface area (Å²) in [5.41, 5.74) is 10.3. The maximum absolute atomic E-state index is 2.34. The number of rotatable bonds is 5. The first-order valence-electron chi connectivity index (χ1n) is 10.8. The third-order valence-electron chi connectivity index (χ3n) is 5.88. The first-order valence-corrected chi connectivity index (χ1v) is 10.8. The van der Waals surface area contributed by atoms with Crippen LogP contribution in [0.15, 0.2) is 103 Å². The molecule has 145 valence electrons. The summed E-state index contributed by atoms with van der Waals surface area (Å²) in [6.45, 7) is 2.25. The van der Waals surface area contributed by atoms with E-state index in [9.17, 15) is 0 Å². The summed E-state index contributed by atoms with van der Waals surface area (Å²) < 4.78 is 0. The Morgan fingerprint density at radius 3 is 1.67 bits per heavy atom. The lowest BCUT2D eigenvalue weighted by Crippen LogP contribution is -1.95. The Kier molecular flexibility index (Phi) is 5.07. The smallest absolute Gasteiger partial charge is 0.0273 e. The van der Waals surface area contributed by atoms with Gasteiger partial charge in [0.05, 0.1) is 0 Å². The van der Waals surface area contributed by atoms with E-state index in [1.165, 1.54) is 56.8 Å². The molecule has 0 N–H and O–H groups in total. The average molecular weight is 386 g/mol. The predicted molar refractivity (Wildman–Crippen MR) is 129 cm³/mol. The van der Waals surface area contributed by atoms with E-state index in [-0.39, 0.29) is 0 Å². The van der Waals surface area contributed by atoms with Crippen molar-refractivity contribution in [3.8, 4) is 33.4 Å². The Bertz CT molecular complexity index is 1130. The molecule has 0 fully saturated rings. The van der Waals surface area contributed by atoms with Gasteiger partial charge in [-0.1, -0.05) is 104 Å². The molecular weight excluding hydrogens is 360 g/mol. The fourth-order valence-corrected chi connectivity index (χ4v) is 4.42. The van der Waals surface area contributed by atoms with Gasteiger partial charge in [0.15, 0.2) is 0 Å². The molecule has 4 aromatic carbocycles. The van der Waals surface area contributed by atoms with Crippen molar-refractivity contribution < 1.29 is 0 Å². The number of hydrogen-bond acceptors (Lipinski definition) is 0. The van der Waals surface area contributed by atoms with Crippen molar-refractivity contribution in [1.29, 1.82) is 0 Å². The van der Waals surface area contributed by atoms with Gasteiger partial charge in [-0.25, -0.2) is 0 Å². The largest absolute Gasteiger partial charge is 0.0721 e. The molecule has 4 aromatic rings. The van der Waals surface area contributed by atoms with Gasteiger partial charge >= 0.3 is 0 Å². The topological polar surface area (TPSA) is 0 Å². The molecule has 1 aliphatic rings. The minimum atomic E-state index is 1.13. The Hall–Kier alpha value is -3.38. The van der Waals surface area contributed by atoms with Gasteiger partial charge in [0.25, 0.3) is 0 Å². The van der Waals surface area contributed by atoms with Crippen molar-refractivity contribution >= 4 is 6.08 Å². The fraction of sp³-hybridized carbons (Fsp3) is 0.100. The highest BCUT2D eigenvalue weighted by molar-refractivity contribution is 5.87. The number of hydrogen-bond donors (Lipinski definition) is 0. The molecule has 0 bridgehead atoms. The van der Waals surface area contributed by atoms with E-state index >= 15 is 0 Å². The van der Waals surface area contributed by atoms with Gasteiger partial charge in [-0.3, -0.25) is 0 Å². The summed E-state index contributed by atoms with van der Waals surface area (Å²) in [6.07, 6.45) is 6.90. The van der Waals surface area contributed by atoms with E-state index in [0.29, 0.717) is 0 Å². The second-order valence-electron chi connectivity index (χ2n) is 7.91. The molecule has 0 saturated carbocycles. The predicted octanol–water partition coefficient (Wildman–Crippen LogP) is 8.44. The number of fused-ring (bicyclic) bond motifs is 1. The molecule has 0 heterocycles. The van der Waals surface area contributed by atoms with Crippen LogP contribution in [0, 0.1) is 5.92 Å². The molecule has 0 saturated heterocycles. The molecule has 0 aliphatic heterocycles. The lowest BCUT2D eigenvalue weighted by molar-refractivity contribution is 0.866. The molecule has 0 atom stereocenters. The minimum absolute atomic E-state index is 1.13. The molecule has 0 spiro atoms. The van der Waals surface area contributed by atoms with Crippen molar-refractivity contribution in [3.05, 3.63) is 120 Å². The SMILES string of the molecule is CCC[C]1C=Cc2c1cccc2-c1cc(-c2ccccc2)cc(-c2ccccc2)c1. The van der Waals surface area contributed by atoms with Gasteiger partial charge in [-0.2, -0.15) is 0 Å². The van der Waals surface area contributed by atoms with Crippen LogP contribution in [-0.4, -0.2) is 0 Å². The van der Waals surface area contributed by atoms with Crippen LogP contribution in [0.3, 0.4) is 0 Å². The summed E-state index contributed by atoms with van der Waals surface area (Å²) in [4.78, 5) is 0. The van der Waals surface area contributed by atoms with Crippen molar-refractivity contribution in [2.75, 3.05) is 0 Å². The molecule has 0 nitrogen and oxygen atoms in total. The monoisotopic (exact) mass is 385 g/mol. The highest BCUT2D eigenvalue weighted by atomic mass is 14.2. The molecule has 0 heteroatoms. The molecule has 30 heavy (non-hydrogen) atoms. The van der Waals surface area contributed by atoms with Gasteiger partial charge in [-0.15, -0.1) is 0 Å². The van der Waals surface area contributed by atoms with Crippen LogP contribution in [0.25, 0.3) is 39.5 Å². The van der Waals surface area contributed by atoms with E-state index in [2.05, 4.69) is 116 Å². The van der Waals surface area contributed by atoms with Crippen LogP contribution in [0.1, 0.15) is 30.9 Å². The molecule has 0 aromatic heterocycles. The molecular formula is C30H25. The zero-order chi connectivity index (χ0) is 20.3. The average Bonchev–Trinajstić information content (AvgIpc) is 3.23. The van der Waals surface area contributed by atoms with Gasteiger partial charge < -0.3 is 0 Å². The maximum Gasteiger partial charge on any atom is 0.0273 e. The van der Waals surface area contributed by atoms with E-state index in [1.807, 2.05) is 0 Å². The van der Waals surface area contributed by atoms with E-state index in [4.69, 9.17) is 0 Å². The molecule has 0 unspecified atom stereocenters. The highest BCUT2D eigenvalue weighted by Gasteiger charge is 2.20. The second kappa shape index (κ2) is 8.16. The lowest BCUT2D eigenvalue weighted by atomic mass is 9.89. The summed E-state index contributed by atoms with van der Waals surface area (Å²) in [5, 5.41) is 0. The zero-order valence-electron chi connectivity index (χ0n) is 17.3. The van der Waals surface area contributed by atoms with Gasteiger partial charge in [0, 0.05) is 5.92 Å². The van der Waals surface area contributed by atoms with Crippen LogP contribution in [0.4, 0.5) is 0 Å². The van der Waals surface area contributed by atoms with Crippen molar-refractivity contribution in [3.63, 3.8) is 0 Å². The molecule has 0 amide bonds. The normalized spacial score (nSPS) is 12.8. The molecule has 1 aliphatic carbocycles. The summed E-state index contributed by atoms with van der Waals surface area (Å²) >= 11 is 0. The van der Waals surface area contributed by atoms with Crippen molar-refractivity contribution in [2.24, 2.45) is 0 Å². The van der Waals surface area contributed by atoms with Crippen LogP contribution in [0.2, 0.25) is 0 Å². The van der Waals surface area contributed by atoms with Crippen molar-refractivity contribution in [1.82, 2.24) is 0 Å². The van der Waals surface area contributed by atoms with E-state index in [0.717, 1.165) is 6.42 Å². The standard InChI is InChI=1S/C30H25/c1-2-10-24-17-18-30-28(24)15-9-16-29(30)27-20-25(22-11-5-3-6-12-22)19-26(21-27)23-13-7-4-8-14-23/h3-9,11-21H,2,10H2,1H3. The van der Waals surface area contributed by atoms with Crippen LogP contribution >= 0.6 is 0 Å². The van der Waals surface area contributed by atoms with Crippen LogP contribution < -0.4 is 0 Å². The summed E-state index contributed by atoms with van der Waals surface area (Å²) in [5.74, 6) is 1.46. The van der Waals surface area contributed by atoms with Crippen LogP contribution in [-0.2, 0) is 0 Å². The first kappa shape index (κ1) is 18.6. The van der Waals surface area contributed by atoms with Gasteiger partial charge in [-0.05, 0) is 69.1 Å². The van der Waals surface area contributed by atoms with E-state index in [1.54, 1.807) is 0 Å². The Balaban J connectivity index is 1.69. The van der Waals surface area contributed by atoms with Gasteiger partial charge in [0.1, 0.15) is 0 Å². The van der Waals surface area contributed by atoms with E-state index < -0.39 is 0 Å². The molecule has 5 rings (SSSR count). The Morgan fingerprint density at radius 1 is 0.500 bits per heavy atom. The quantitative estimate of drug-likeness (QED) is 0.323. The third kappa shape index (κ3) is 3.50. The Labute approximate surface area is 179 Å². The fourth-order valence-electron chi connectivity index (χ4n) is 4.42. The molecule has 1 radical (unpaired) electrons. The van der Waals surface area contributed by atoms with Crippen LogP contribution in [0.5, 0.6) is 0 Å². The minimum Gasteiger partial charge on any atom is -0.0721 e. The first-order chi connectivity index (χ1) is 14.8. The highest BCUT2D eigenvalue weighted by Crippen LogP contribution is 2.40. The lowest BCUT2D eigenvalue weighted by Gasteiger charge is -2.15. The second-order valence-corrected chi connectivity index (χ2v) is 7.91. The maximum atomic E-state index is 2.34. The number of benzene rings is 4. The van der Waals surface area contributed by atoms with Crippen molar-refractivity contribution in [2.45, 2.75) is 19.8 Å². The third-order valence-corrected chi connectivity index (χ3v) is 5.88. The number of allylic oxidation sites excluding steroid dienone is 1. The summed E-state index contributed by atoms with van der Waals surface area (Å²) in [6, 6.07) is 35.1. The Morgan fingerprint density at radius 2 is 1.07 bits per heavy atom. The van der Waals surface area contributed by atoms with Gasteiger partial charge in [0.2, 0.25) is 0 Å².